The van der Waals surface area contributed by atoms with Gasteiger partial charge in [-0.15, -0.1) is 5.10 Å². The van der Waals surface area contributed by atoms with E-state index in [2.05, 4.69) is 30.5 Å². The van der Waals surface area contributed by atoms with Gasteiger partial charge in [-0.2, -0.15) is 0 Å². The average Bonchev–Trinajstić information content (AvgIpc) is 2.99. The van der Waals surface area contributed by atoms with E-state index in [1.807, 2.05) is 0 Å². The van der Waals surface area contributed by atoms with Crippen molar-refractivity contribution in [2.75, 3.05) is 0 Å². The van der Waals surface area contributed by atoms with Gasteiger partial charge in [0.1, 0.15) is 5.69 Å². The first-order chi connectivity index (χ1) is 10.1. The SMILES string of the molecule is O=S(=O)(c1ccc(Br)cc1)c1snnc1-c1ccccn1. The van der Waals surface area contributed by atoms with Crippen molar-refractivity contribution >= 4 is 37.3 Å². The van der Waals surface area contributed by atoms with Crippen LogP contribution in [0.1, 0.15) is 0 Å². The van der Waals surface area contributed by atoms with E-state index in [9.17, 15) is 8.42 Å². The highest BCUT2D eigenvalue weighted by Gasteiger charge is 2.26. The summed E-state index contributed by atoms with van der Waals surface area (Å²) in [6.45, 7) is 0. The van der Waals surface area contributed by atoms with Crippen LogP contribution in [0.25, 0.3) is 11.4 Å². The van der Waals surface area contributed by atoms with Crippen molar-refractivity contribution in [2.45, 2.75) is 9.10 Å². The van der Waals surface area contributed by atoms with Crippen LogP contribution in [0.2, 0.25) is 0 Å². The summed E-state index contributed by atoms with van der Waals surface area (Å²) < 4.78 is 30.1. The molecule has 0 radical (unpaired) electrons. The molecule has 0 atom stereocenters. The lowest BCUT2D eigenvalue weighted by atomic mass is 10.3. The van der Waals surface area contributed by atoms with Gasteiger partial charge in [0.05, 0.1) is 10.6 Å². The Balaban J connectivity index is 2.13. The second-order valence-electron chi connectivity index (χ2n) is 4.08. The predicted octanol–water partition coefficient (Wildman–Crippen LogP) is 3.20. The van der Waals surface area contributed by atoms with Gasteiger partial charge in [-0.05, 0) is 36.4 Å². The Morgan fingerprint density at radius 1 is 1.05 bits per heavy atom. The maximum Gasteiger partial charge on any atom is 0.219 e. The zero-order valence-electron chi connectivity index (χ0n) is 10.5. The predicted molar refractivity (Wildman–Crippen MR) is 82.7 cm³/mol. The van der Waals surface area contributed by atoms with Crippen LogP contribution in [-0.4, -0.2) is 23.0 Å². The number of sulfone groups is 1. The summed E-state index contributed by atoms with van der Waals surface area (Å²) in [6, 6.07) is 11.7. The lowest BCUT2D eigenvalue weighted by Gasteiger charge is -2.03. The van der Waals surface area contributed by atoms with Crippen molar-refractivity contribution < 1.29 is 8.42 Å². The molecule has 0 saturated heterocycles. The summed E-state index contributed by atoms with van der Waals surface area (Å²) in [5, 5.41) is 3.91. The van der Waals surface area contributed by atoms with Crippen LogP contribution < -0.4 is 0 Å². The lowest BCUT2D eigenvalue weighted by molar-refractivity contribution is 0.598. The summed E-state index contributed by atoms with van der Waals surface area (Å²) in [5.41, 5.74) is 0.769. The Labute approximate surface area is 133 Å². The van der Waals surface area contributed by atoms with E-state index in [0.29, 0.717) is 5.69 Å². The summed E-state index contributed by atoms with van der Waals surface area (Å²) >= 11 is 4.13. The van der Waals surface area contributed by atoms with Crippen LogP contribution in [-0.2, 0) is 9.84 Å². The van der Waals surface area contributed by atoms with E-state index < -0.39 is 9.84 Å². The Morgan fingerprint density at radius 3 is 2.48 bits per heavy atom. The van der Waals surface area contributed by atoms with Gasteiger partial charge < -0.3 is 0 Å². The second-order valence-corrected chi connectivity index (χ2v) is 7.90. The fourth-order valence-corrected chi connectivity index (χ4v) is 4.32. The quantitative estimate of drug-likeness (QED) is 0.696. The summed E-state index contributed by atoms with van der Waals surface area (Å²) in [7, 11) is -3.66. The van der Waals surface area contributed by atoms with Crippen molar-refractivity contribution in [3.63, 3.8) is 0 Å². The molecule has 3 rings (SSSR count). The van der Waals surface area contributed by atoms with Crippen LogP contribution in [0.4, 0.5) is 0 Å². The smallest absolute Gasteiger partial charge is 0.219 e. The zero-order valence-corrected chi connectivity index (χ0v) is 13.7. The number of aromatic nitrogens is 3. The molecule has 2 aromatic heterocycles. The number of rotatable bonds is 3. The Morgan fingerprint density at radius 2 is 1.81 bits per heavy atom. The number of halogens is 1. The third kappa shape index (κ3) is 2.74. The Kier molecular flexibility index (Phi) is 3.83. The highest BCUT2D eigenvalue weighted by atomic mass is 79.9. The minimum Gasteiger partial charge on any atom is -0.254 e. The molecule has 0 saturated carbocycles. The first-order valence-corrected chi connectivity index (χ1v) is 8.88. The molecule has 21 heavy (non-hydrogen) atoms. The summed E-state index contributed by atoms with van der Waals surface area (Å²) in [4.78, 5) is 4.34. The van der Waals surface area contributed by atoms with Crippen molar-refractivity contribution in [2.24, 2.45) is 0 Å². The van der Waals surface area contributed by atoms with Crippen LogP contribution in [0.3, 0.4) is 0 Å². The molecule has 106 valence electrons. The molecule has 8 heteroatoms. The third-order valence-corrected chi connectivity index (χ3v) is 6.24. The van der Waals surface area contributed by atoms with Crippen LogP contribution in [0.5, 0.6) is 0 Å². The van der Waals surface area contributed by atoms with E-state index in [1.165, 1.54) is 0 Å². The molecule has 5 nitrogen and oxygen atoms in total. The largest absolute Gasteiger partial charge is 0.254 e. The van der Waals surface area contributed by atoms with E-state index in [1.54, 1.807) is 48.7 Å². The van der Waals surface area contributed by atoms with E-state index in [4.69, 9.17) is 0 Å². The van der Waals surface area contributed by atoms with Gasteiger partial charge in [0.25, 0.3) is 0 Å². The molecule has 0 aliphatic heterocycles. The van der Waals surface area contributed by atoms with Gasteiger partial charge in [0.2, 0.25) is 9.84 Å². The second kappa shape index (κ2) is 5.63. The zero-order chi connectivity index (χ0) is 14.9. The maximum atomic E-state index is 12.7. The van der Waals surface area contributed by atoms with Gasteiger partial charge in [0, 0.05) is 22.2 Å². The molecule has 0 aliphatic rings. The molecule has 0 amide bonds. The van der Waals surface area contributed by atoms with Crippen molar-refractivity contribution in [1.29, 1.82) is 0 Å². The van der Waals surface area contributed by atoms with Crippen molar-refractivity contribution in [1.82, 2.24) is 14.6 Å². The van der Waals surface area contributed by atoms with E-state index >= 15 is 0 Å². The molecule has 0 unspecified atom stereocenters. The number of benzene rings is 1. The molecule has 2 heterocycles. The molecule has 0 aliphatic carbocycles. The van der Waals surface area contributed by atoms with Gasteiger partial charge in [-0.1, -0.05) is 26.5 Å². The summed E-state index contributed by atoms with van der Waals surface area (Å²) in [5.74, 6) is 0. The summed E-state index contributed by atoms with van der Waals surface area (Å²) in [6.07, 6.45) is 1.59. The minimum atomic E-state index is -3.66. The molecule has 3 aromatic rings. The van der Waals surface area contributed by atoms with E-state index in [-0.39, 0.29) is 14.8 Å². The third-order valence-electron chi connectivity index (χ3n) is 2.73. The van der Waals surface area contributed by atoms with Gasteiger partial charge in [0.15, 0.2) is 4.21 Å². The average molecular weight is 382 g/mol. The monoisotopic (exact) mass is 381 g/mol. The lowest BCUT2D eigenvalue weighted by Crippen LogP contribution is -2.02. The van der Waals surface area contributed by atoms with Crippen LogP contribution in [0, 0.1) is 0 Å². The highest BCUT2D eigenvalue weighted by Crippen LogP contribution is 2.31. The fourth-order valence-electron chi connectivity index (χ4n) is 1.74. The van der Waals surface area contributed by atoms with Gasteiger partial charge >= 0.3 is 0 Å². The molecular formula is C13H8BrN3O2S2. The number of pyridine rings is 1. The first-order valence-electron chi connectivity index (χ1n) is 5.83. The number of nitrogens with zero attached hydrogens (tertiary/aromatic N) is 3. The van der Waals surface area contributed by atoms with Crippen LogP contribution >= 0.6 is 27.5 Å². The molecule has 0 spiro atoms. The molecule has 0 fully saturated rings. The fraction of sp³-hybridized carbons (Fsp3) is 0. The molecule has 0 N–H and O–H groups in total. The highest BCUT2D eigenvalue weighted by molar-refractivity contribution is 9.10. The first kappa shape index (κ1) is 14.3. The standard InChI is InChI=1S/C13H8BrN3O2S2/c14-9-4-6-10(7-5-9)21(18,19)13-12(16-17-20-13)11-3-1-2-8-15-11/h1-8H. The van der Waals surface area contributed by atoms with Gasteiger partial charge in [-0.3, -0.25) is 4.98 Å². The maximum absolute atomic E-state index is 12.7. The number of hydrogen-bond donors (Lipinski definition) is 0. The van der Waals surface area contributed by atoms with Crippen molar-refractivity contribution in [3.05, 3.63) is 53.1 Å². The Bertz CT molecular complexity index is 862. The molecule has 1 aromatic carbocycles. The normalized spacial score (nSPS) is 11.5. The van der Waals surface area contributed by atoms with Crippen LogP contribution in [0.15, 0.2) is 62.2 Å². The minimum absolute atomic E-state index is 0.100. The van der Waals surface area contributed by atoms with E-state index in [0.717, 1.165) is 16.0 Å². The molecular weight excluding hydrogens is 374 g/mol. The number of hydrogen-bond acceptors (Lipinski definition) is 6. The van der Waals surface area contributed by atoms with Gasteiger partial charge in [-0.25, -0.2) is 8.42 Å². The topological polar surface area (TPSA) is 72.8 Å². The Hall–Kier alpha value is -1.64. The molecule has 0 bridgehead atoms. The van der Waals surface area contributed by atoms with Crippen molar-refractivity contribution in [3.8, 4) is 11.4 Å².